The largest absolute Gasteiger partial charge is 0.458 e. The average molecular weight is 163 g/mol. The summed E-state index contributed by atoms with van der Waals surface area (Å²) in [6, 6.07) is 0. The van der Waals surface area contributed by atoms with E-state index < -0.39 is 16.9 Å². The fraction of sp³-hybridized carbons (Fsp3) is 0.667. The number of halogens is 1. The first-order valence-electron chi connectivity index (χ1n) is 2.90. The van der Waals surface area contributed by atoms with Crippen molar-refractivity contribution in [2.24, 2.45) is 0 Å². The van der Waals surface area contributed by atoms with Gasteiger partial charge in [0, 0.05) is 0 Å². The number of hydrogen-bond donors (Lipinski definition) is 0. The van der Waals surface area contributed by atoms with Crippen LogP contribution in [0.5, 0.6) is 0 Å². The van der Waals surface area contributed by atoms with Gasteiger partial charge in [-0.3, -0.25) is 4.79 Å². The summed E-state index contributed by atoms with van der Waals surface area (Å²) in [4.78, 5) is 20.0. The monoisotopic (exact) mass is 162 g/mol. The van der Waals surface area contributed by atoms with E-state index >= 15 is 0 Å². The van der Waals surface area contributed by atoms with Crippen LogP contribution in [0.4, 0.5) is 0 Å². The number of carbonyl (C=O) groups excluding carboxylic acids is 2. The van der Waals surface area contributed by atoms with E-state index in [9.17, 15) is 9.59 Å². The molecule has 4 heteroatoms. The molecule has 1 rings (SSSR count). The molecule has 0 radical (unpaired) electrons. The van der Waals surface area contributed by atoms with Gasteiger partial charge in [0.05, 0.1) is 0 Å². The number of esters is 1. The number of carbonyl (C=O) groups is 2. The Kier molecular flexibility index (Phi) is 1.47. The van der Waals surface area contributed by atoms with Crippen LogP contribution in [-0.2, 0) is 14.3 Å². The van der Waals surface area contributed by atoms with Crippen molar-refractivity contribution in [1.82, 2.24) is 0 Å². The molecule has 0 aromatic heterocycles. The van der Waals surface area contributed by atoms with Crippen molar-refractivity contribution in [2.45, 2.75) is 24.8 Å². The predicted molar refractivity (Wildman–Crippen MR) is 34.8 cm³/mol. The molecule has 0 aromatic rings. The zero-order chi connectivity index (χ0) is 7.94. The van der Waals surface area contributed by atoms with E-state index in [2.05, 4.69) is 4.74 Å². The molecule has 1 saturated heterocycles. The van der Waals surface area contributed by atoms with Gasteiger partial charge >= 0.3 is 5.97 Å². The normalized spacial score (nSPS) is 38.3. The topological polar surface area (TPSA) is 43.4 Å². The Balaban J connectivity index is 2.86. The zero-order valence-corrected chi connectivity index (χ0v) is 6.44. The van der Waals surface area contributed by atoms with Crippen LogP contribution in [0.25, 0.3) is 0 Å². The van der Waals surface area contributed by atoms with Crippen molar-refractivity contribution in [1.29, 1.82) is 0 Å². The summed E-state index contributed by atoms with van der Waals surface area (Å²) < 4.78 is 4.52. The van der Waals surface area contributed by atoms with E-state index in [-0.39, 0.29) is 5.78 Å². The first kappa shape index (κ1) is 7.54. The lowest BCUT2D eigenvalue weighted by molar-refractivity contribution is -0.178. The highest BCUT2D eigenvalue weighted by Gasteiger charge is 2.58. The van der Waals surface area contributed by atoms with E-state index in [1.165, 1.54) is 6.92 Å². The lowest BCUT2D eigenvalue weighted by atomic mass is 9.93. The summed E-state index contributed by atoms with van der Waals surface area (Å²) in [6.45, 7) is 2.87. The fourth-order valence-corrected chi connectivity index (χ4v) is 0.954. The highest BCUT2D eigenvalue weighted by Crippen LogP contribution is 2.34. The standard InChI is InChI=1S/C6H7ClO3/c1-3(8)6(7)4(2)10-5(6)9/h4H,1-2H3. The molecular formula is C6H7ClO3. The first-order valence-corrected chi connectivity index (χ1v) is 3.28. The van der Waals surface area contributed by atoms with Crippen molar-refractivity contribution >= 4 is 23.4 Å². The molecule has 3 nitrogen and oxygen atoms in total. The van der Waals surface area contributed by atoms with Gasteiger partial charge in [-0.1, -0.05) is 11.6 Å². The van der Waals surface area contributed by atoms with E-state index in [1.807, 2.05) is 0 Å². The number of ether oxygens (including phenoxy) is 1. The third kappa shape index (κ3) is 0.669. The van der Waals surface area contributed by atoms with Crippen LogP contribution >= 0.6 is 11.6 Å². The van der Waals surface area contributed by atoms with E-state index in [4.69, 9.17) is 11.6 Å². The van der Waals surface area contributed by atoms with Crippen molar-refractivity contribution in [2.75, 3.05) is 0 Å². The lowest BCUT2D eigenvalue weighted by Gasteiger charge is -2.37. The Morgan fingerprint density at radius 2 is 2.30 bits per heavy atom. The third-order valence-corrected chi connectivity index (χ3v) is 2.38. The van der Waals surface area contributed by atoms with Crippen molar-refractivity contribution < 1.29 is 14.3 Å². The molecule has 1 aliphatic rings. The molecule has 1 heterocycles. The van der Waals surface area contributed by atoms with E-state index in [0.717, 1.165) is 0 Å². The highest BCUT2D eigenvalue weighted by molar-refractivity contribution is 6.47. The Hall–Kier alpha value is -0.570. The maximum atomic E-state index is 10.7. The summed E-state index contributed by atoms with van der Waals surface area (Å²) in [6.07, 6.45) is -0.487. The second-order valence-electron chi connectivity index (χ2n) is 2.32. The van der Waals surface area contributed by atoms with Gasteiger partial charge in [-0.05, 0) is 13.8 Å². The van der Waals surface area contributed by atoms with E-state index in [0.29, 0.717) is 0 Å². The maximum Gasteiger partial charge on any atom is 0.339 e. The van der Waals surface area contributed by atoms with Crippen LogP contribution in [-0.4, -0.2) is 22.7 Å². The van der Waals surface area contributed by atoms with E-state index in [1.54, 1.807) is 6.92 Å². The molecule has 0 bridgehead atoms. The summed E-state index contributed by atoms with van der Waals surface area (Å²) in [7, 11) is 0. The highest BCUT2D eigenvalue weighted by atomic mass is 35.5. The molecule has 0 amide bonds. The quantitative estimate of drug-likeness (QED) is 0.320. The molecule has 2 unspecified atom stereocenters. The van der Waals surface area contributed by atoms with Crippen LogP contribution in [0.3, 0.4) is 0 Å². The molecular weight excluding hydrogens is 156 g/mol. The number of rotatable bonds is 1. The number of Topliss-reactive ketones (excluding diaryl/α,β-unsaturated/α-hetero) is 1. The molecule has 0 aromatic carbocycles. The molecule has 10 heavy (non-hydrogen) atoms. The summed E-state index contributed by atoms with van der Waals surface area (Å²) >= 11 is 5.62. The van der Waals surface area contributed by atoms with Crippen molar-refractivity contribution in [3.63, 3.8) is 0 Å². The van der Waals surface area contributed by atoms with Gasteiger partial charge in [-0.15, -0.1) is 0 Å². The third-order valence-electron chi connectivity index (χ3n) is 1.65. The zero-order valence-electron chi connectivity index (χ0n) is 5.68. The average Bonchev–Trinajstić information content (AvgIpc) is 1.86. The minimum absolute atomic E-state index is 0.349. The van der Waals surface area contributed by atoms with Crippen molar-refractivity contribution in [3.05, 3.63) is 0 Å². The summed E-state index contributed by atoms with van der Waals surface area (Å²) in [5.74, 6) is -0.980. The van der Waals surface area contributed by atoms with Gasteiger partial charge in [-0.2, -0.15) is 0 Å². The molecule has 1 fully saturated rings. The van der Waals surface area contributed by atoms with Crippen LogP contribution in [0, 0.1) is 0 Å². The van der Waals surface area contributed by atoms with Crippen LogP contribution < -0.4 is 0 Å². The molecule has 0 N–H and O–H groups in total. The van der Waals surface area contributed by atoms with Gasteiger partial charge in [0.2, 0.25) is 4.87 Å². The molecule has 0 spiro atoms. The second kappa shape index (κ2) is 1.95. The van der Waals surface area contributed by atoms with Gasteiger partial charge < -0.3 is 4.74 Å². The molecule has 0 aliphatic carbocycles. The number of ketones is 1. The molecule has 1 aliphatic heterocycles. The fourth-order valence-electron chi connectivity index (χ4n) is 0.865. The lowest BCUT2D eigenvalue weighted by Crippen LogP contribution is -2.61. The Bertz CT molecular complexity index is 191. The number of alkyl halides is 1. The van der Waals surface area contributed by atoms with Gasteiger partial charge in [0.1, 0.15) is 6.10 Å². The number of cyclic esters (lactones) is 1. The first-order chi connectivity index (χ1) is 4.49. The Labute approximate surface area is 63.3 Å². The predicted octanol–water partition coefficient (Wildman–Crippen LogP) is 0.498. The second-order valence-corrected chi connectivity index (χ2v) is 2.91. The molecule has 56 valence electrons. The molecule has 0 saturated carbocycles. The number of hydrogen-bond acceptors (Lipinski definition) is 3. The Morgan fingerprint density at radius 3 is 2.40 bits per heavy atom. The smallest absolute Gasteiger partial charge is 0.339 e. The summed E-state index contributed by atoms with van der Waals surface area (Å²) in [5.41, 5.74) is 0. The van der Waals surface area contributed by atoms with Crippen LogP contribution in [0.1, 0.15) is 13.8 Å². The van der Waals surface area contributed by atoms with Gasteiger partial charge in [0.25, 0.3) is 0 Å². The van der Waals surface area contributed by atoms with Gasteiger partial charge in [-0.25, -0.2) is 4.79 Å². The SMILES string of the molecule is CC(=O)C1(Cl)C(=O)OC1C. The molecule has 2 atom stereocenters. The maximum absolute atomic E-state index is 10.7. The summed E-state index contributed by atoms with van der Waals surface area (Å²) in [5, 5.41) is 0. The minimum atomic E-state index is -1.39. The van der Waals surface area contributed by atoms with Crippen LogP contribution in [0.2, 0.25) is 0 Å². The minimum Gasteiger partial charge on any atom is -0.458 e. The van der Waals surface area contributed by atoms with Crippen molar-refractivity contribution in [3.8, 4) is 0 Å². The van der Waals surface area contributed by atoms with Crippen LogP contribution in [0.15, 0.2) is 0 Å². The van der Waals surface area contributed by atoms with Gasteiger partial charge in [0.15, 0.2) is 5.78 Å². The Morgan fingerprint density at radius 1 is 1.80 bits per heavy atom.